The highest BCUT2D eigenvalue weighted by atomic mass is 19.1. The molecule has 0 bridgehead atoms. The minimum absolute atomic E-state index is 0.0958. The fraction of sp³-hybridized carbons (Fsp3) is 0.174. The van der Waals surface area contributed by atoms with Crippen molar-refractivity contribution in [3.05, 3.63) is 89.2 Å². The van der Waals surface area contributed by atoms with Crippen LogP contribution in [-0.4, -0.2) is 6.29 Å². The highest BCUT2D eigenvalue weighted by Crippen LogP contribution is 2.34. The summed E-state index contributed by atoms with van der Waals surface area (Å²) in [5, 5.41) is 0. The molecule has 0 fully saturated rings. The summed E-state index contributed by atoms with van der Waals surface area (Å²) in [6.45, 7) is 2.45. The molecule has 3 aromatic carbocycles. The number of aldehydes is 1. The Morgan fingerprint density at radius 3 is 2.30 bits per heavy atom. The second kappa shape index (κ2) is 8.99. The maximum absolute atomic E-state index is 14.3. The lowest BCUT2D eigenvalue weighted by Crippen LogP contribution is -1.99. The molecule has 138 valence electrons. The van der Waals surface area contributed by atoms with Crippen molar-refractivity contribution in [3.8, 4) is 17.2 Å². The second-order valence-corrected chi connectivity index (χ2v) is 6.15. The molecule has 0 unspecified atom stereocenters. The summed E-state index contributed by atoms with van der Waals surface area (Å²) in [6, 6.07) is 20.0. The van der Waals surface area contributed by atoms with Gasteiger partial charge in [0.05, 0.1) is 0 Å². The van der Waals surface area contributed by atoms with Crippen LogP contribution >= 0.6 is 0 Å². The fourth-order valence-corrected chi connectivity index (χ4v) is 2.67. The van der Waals surface area contributed by atoms with E-state index in [1.165, 1.54) is 12.1 Å². The van der Waals surface area contributed by atoms with Crippen molar-refractivity contribution in [2.75, 3.05) is 0 Å². The molecule has 3 rings (SSSR count). The van der Waals surface area contributed by atoms with Gasteiger partial charge in [0.1, 0.15) is 12.9 Å². The number of benzene rings is 3. The van der Waals surface area contributed by atoms with E-state index >= 15 is 0 Å². The SMILES string of the molecule is CCc1ccc(Oc2ccc(CC=O)cc2F)c(OCc2ccccc2)c1. The van der Waals surface area contributed by atoms with E-state index in [2.05, 4.69) is 6.92 Å². The quantitative estimate of drug-likeness (QED) is 0.495. The van der Waals surface area contributed by atoms with Gasteiger partial charge in [-0.15, -0.1) is 0 Å². The summed E-state index contributed by atoms with van der Waals surface area (Å²) in [6.07, 6.45) is 1.78. The number of aryl methyl sites for hydroxylation is 1. The maximum atomic E-state index is 14.3. The Bertz CT molecular complexity index is 907. The third-order valence-corrected chi connectivity index (χ3v) is 4.19. The first kappa shape index (κ1) is 18.6. The number of carbonyl (C=O) groups excluding carboxylic acids is 1. The highest BCUT2D eigenvalue weighted by molar-refractivity contribution is 5.55. The van der Waals surface area contributed by atoms with Crippen LogP contribution in [0.5, 0.6) is 17.2 Å². The molecule has 0 spiro atoms. The largest absolute Gasteiger partial charge is 0.485 e. The second-order valence-electron chi connectivity index (χ2n) is 6.15. The van der Waals surface area contributed by atoms with Gasteiger partial charge in [0, 0.05) is 6.42 Å². The molecule has 0 N–H and O–H groups in total. The summed E-state index contributed by atoms with van der Waals surface area (Å²) in [5.41, 5.74) is 2.75. The Balaban J connectivity index is 1.83. The van der Waals surface area contributed by atoms with Crippen molar-refractivity contribution < 1.29 is 18.7 Å². The zero-order valence-electron chi connectivity index (χ0n) is 15.2. The molecule has 0 atom stereocenters. The lowest BCUT2D eigenvalue weighted by Gasteiger charge is -2.14. The Kier molecular flexibility index (Phi) is 6.21. The summed E-state index contributed by atoms with van der Waals surface area (Å²) in [5.74, 6) is 0.598. The van der Waals surface area contributed by atoms with E-state index in [4.69, 9.17) is 9.47 Å². The average molecular weight is 364 g/mol. The van der Waals surface area contributed by atoms with E-state index in [-0.39, 0.29) is 12.2 Å². The lowest BCUT2D eigenvalue weighted by atomic mass is 10.1. The smallest absolute Gasteiger partial charge is 0.169 e. The molecule has 0 aliphatic heterocycles. The normalized spacial score (nSPS) is 10.4. The standard InChI is InChI=1S/C23H21FO3/c1-2-17-8-11-22(23(15-17)26-16-19-6-4-3-5-7-19)27-21-10-9-18(12-13-25)14-20(21)24/h3-11,13-15H,2,12,16H2,1H3. The van der Waals surface area contributed by atoms with Crippen molar-refractivity contribution >= 4 is 6.29 Å². The van der Waals surface area contributed by atoms with Crippen LogP contribution in [0.4, 0.5) is 4.39 Å². The monoisotopic (exact) mass is 364 g/mol. The van der Waals surface area contributed by atoms with Crippen LogP contribution in [0.1, 0.15) is 23.6 Å². The van der Waals surface area contributed by atoms with Crippen LogP contribution in [0.25, 0.3) is 0 Å². The first-order valence-corrected chi connectivity index (χ1v) is 8.89. The topological polar surface area (TPSA) is 35.5 Å². The number of carbonyl (C=O) groups is 1. The minimum atomic E-state index is -0.511. The van der Waals surface area contributed by atoms with Crippen LogP contribution in [0, 0.1) is 5.82 Å². The van der Waals surface area contributed by atoms with Gasteiger partial charge in [-0.25, -0.2) is 4.39 Å². The predicted octanol–water partition coefficient (Wildman–Crippen LogP) is 5.50. The Hall–Kier alpha value is -3.14. The summed E-state index contributed by atoms with van der Waals surface area (Å²) < 4.78 is 26.0. The van der Waals surface area contributed by atoms with Gasteiger partial charge in [0.15, 0.2) is 23.1 Å². The molecule has 0 heterocycles. The summed E-state index contributed by atoms with van der Waals surface area (Å²) in [4.78, 5) is 10.6. The molecule has 27 heavy (non-hydrogen) atoms. The van der Waals surface area contributed by atoms with Gasteiger partial charge in [0.25, 0.3) is 0 Å². The Morgan fingerprint density at radius 1 is 0.852 bits per heavy atom. The fourth-order valence-electron chi connectivity index (χ4n) is 2.67. The first-order valence-electron chi connectivity index (χ1n) is 8.89. The Morgan fingerprint density at radius 2 is 1.59 bits per heavy atom. The van der Waals surface area contributed by atoms with Crippen molar-refractivity contribution in [3.63, 3.8) is 0 Å². The average Bonchev–Trinajstić information content (AvgIpc) is 2.70. The lowest BCUT2D eigenvalue weighted by molar-refractivity contribution is -0.107. The first-order chi connectivity index (χ1) is 13.2. The third kappa shape index (κ3) is 4.94. The van der Waals surface area contributed by atoms with Crippen LogP contribution in [0.3, 0.4) is 0 Å². The molecule has 0 saturated heterocycles. The van der Waals surface area contributed by atoms with Gasteiger partial charge in [-0.3, -0.25) is 0 Å². The van der Waals surface area contributed by atoms with Crippen LogP contribution in [0.15, 0.2) is 66.7 Å². The van der Waals surface area contributed by atoms with E-state index < -0.39 is 5.82 Å². The number of hydrogen-bond donors (Lipinski definition) is 0. The summed E-state index contributed by atoms with van der Waals surface area (Å²) in [7, 11) is 0. The van der Waals surface area contributed by atoms with Gasteiger partial charge in [-0.2, -0.15) is 0 Å². The van der Waals surface area contributed by atoms with E-state index in [1.54, 1.807) is 12.1 Å². The van der Waals surface area contributed by atoms with Crippen molar-refractivity contribution in [1.29, 1.82) is 0 Å². The van der Waals surface area contributed by atoms with E-state index in [0.717, 1.165) is 23.8 Å². The summed E-state index contributed by atoms with van der Waals surface area (Å²) >= 11 is 0. The molecule has 0 amide bonds. The molecule has 4 heteroatoms. The zero-order valence-corrected chi connectivity index (χ0v) is 15.2. The molecule has 0 aromatic heterocycles. The van der Waals surface area contributed by atoms with Crippen LogP contribution in [-0.2, 0) is 24.2 Å². The predicted molar refractivity (Wildman–Crippen MR) is 103 cm³/mol. The molecule has 3 aromatic rings. The van der Waals surface area contributed by atoms with E-state index in [0.29, 0.717) is 23.7 Å². The number of rotatable bonds is 8. The number of halogens is 1. The van der Waals surface area contributed by atoms with Crippen molar-refractivity contribution in [2.45, 2.75) is 26.4 Å². The van der Waals surface area contributed by atoms with Crippen LogP contribution < -0.4 is 9.47 Å². The Labute approximate surface area is 158 Å². The maximum Gasteiger partial charge on any atom is 0.169 e. The van der Waals surface area contributed by atoms with Gasteiger partial charge in [-0.1, -0.05) is 49.4 Å². The molecule has 0 aliphatic rings. The van der Waals surface area contributed by atoms with Gasteiger partial charge < -0.3 is 14.3 Å². The molecule has 3 nitrogen and oxygen atoms in total. The van der Waals surface area contributed by atoms with E-state index in [9.17, 15) is 9.18 Å². The van der Waals surface area contributed by atoms with Crippen molar-refractivity contribution in [1.82, 2.24) is 0 Å². The molecule has 0 aliphatic carbocycles. The van der Waals surface area contributed by atoms with E-state index in [1.807, 2.05) is 42.5 Å². The molecule has 0 saturated carbocycles. The van der Waals surface area contributed by atoms with Gasteiger partial charge in [-0.05, 0) is 47.4 Å². The zero-order chi connectivity index (χ0) is 19.1. The highest BCUT2D eigenvalue weighted by Gasteiger charge is 2.12. The van der Waals surface area contributed by atoms with Gasteiger partial charge >= 0.3 is 0 Å². The van der Waals surface area contributed by atoms with Crippen LogP contribution in [0.2, 0.25) is 0 Å². The molecule has 0 radical (unpaired) electrons. The van der Waals surface area contributed by atoms with Gasteiger partial charge in [0.2, 0.25) is 0 Å². The minimum Gasteiger partial charge on any atom is -0.485 e. The third-order valence-electron chi connectivity index (χ3n) is 4.19. The molecular weight excluding hydrogens is 343 g/mol. The van der Waals surface area contributed by atoms with Crippen molar-refractivity contribution in [2.24, 2.45) is 0 Å². The molecular formula is C23H21FO3. The number of ether oxygens (including phenoxy) is 2. The number of hydrogen-bond acceptors (Lipinski definition) is 3.